The number of aldehydes is 1. The van der Waals surface area contributed by atoms with Gasteiger partial charge in [0.05, 0.1) is 19.2 Å². The van der Waals surface area contributed by atoms with Crippen molar-refractivity contribution in [3.63, 3.8) is 0 Å². The van der Waals surface area contributed by atoms with E-state index in [1.165, 1.54) is 24.0 Å². The number of nitrogens with zero attached hydrogens (tertiary/aromatic N) is 2. The van der Waals surface area contributed by atoms with Crippen molar-refractivity contribution in [3.05, 3.63) is 0 Å². The van der Waals surface area contributed by atoms with Gasteiger partial charge >= 0.3 is 0 Å². The molecule has 19 heavy (non-hydrogen) atoms. The maximum absolute atomic E-state index is 12.1. The van der Waals surface area contributed by atoms with Crippen molar-refractivity contribution >= 4 is 30.0 Å². The van der Waals surface area contributed by atoms with Gasteiger partial charge in [-0.2, -0.15) is 0 Å². The average molecular weight is 286 g/mol. The van der Waals surface area contributed by atoms with E-state index >= 15 is 0 Å². The minimum atomic E-state index is -0.384. The highest BCUT2D eigenvalue weighted by atomic mass is 32.2. The van der Waals surface area contributed by atoms with Gasteiger partial charge in [0.1, 0.15) is 11.5 Å². The second-order valence-corrected chi connectivity index (χ2v) is 5.91. The SMILES string of the molecule is COCCN1C(=O)CC(SN2CCC[C@H]2C=O)C1=O. The van der Waals surface area contributed by atoms with E-state index < -0.39 is 0 Å². The number of hydrogen-bond donors (Lipinski definition) is 0. The molecule has 6 nitrogen and oxygen atoms in total. The Kier molecular flexibility index (Phi) is 4.95. The highest BCUT2D eigenvalue weighted by Gasteiger charge is 2.41. The summed E-state index contributed by atoms with van der Waals surface area (Å²) in [5.41, 5.74) is 0. The summed E-state index contributed by atoms with van der Waals surface area (Å²) in [6.07, 6.45) is 2.93. The zero-order chi connectivity index (χ0) is 13.8. The maximum atomic E-state index is 12.1. The summed E-state index contributed by atoms with van der Waals surface area (Å²) in [7, 11) is 1.54. The Morgan fingerprint density at radius 1 is 1.47 bits per heavy atom. The number of rotatable bonds is 6. The Hall–Kier alpha value is -0.920. The number of hydrogen-bond acceptors (Lipinski definition) is 6. The molecule has 0 bridgehead atoms. The standard InChI is InChI=1S/C12H18N2O4S/c1-18-6-5-13-11(16)7-10(12(13)17)19-14-4-2-3-9(14)8-15/h8-10H,2-7H2,1H3/t9-,10?/m0/s1. The normalized spacial score (nSPS) is 28.4. The van der Waals surface area contributed by atoms with E-state index in [0.29, 0.717) is 13.2 Å². The second kappa shape index (κ2) is 6.49. The fourth-order valence-corrected chi connectivity index (χ4v) is 3.66. The highest BCUT2D eigenvalue weighted by molar-refractivity contribution is 7.98. The molecule has 2 atom stereocenters. The van der Waals surface area contributed by atoms with Crippen LogP contribution in [0, 0.1) is 0 Å². The molecule has 2 heterocycles. The van der Waals surface area contributed by atoms with Gasteiger partial charge in [0.15, 0.2) is 0 Å². The molecule has 0 N–H and O–H groups in total. The molecule has 2 aliphatic rings. The van der Waals surface area contributed by atoms with Crippen LogP contribution < -0.4 is 0 Å². The molecule has 0 saturated carbocycles. The Balaban J connectivity index is 1.93. The van der Waals surface area contributed by atoms with Crippen molar-refractivity contribution in [2.24, 2.45) is 0 Å². The van der Waals surface area contributed by atoms with Crippen molar-refractivity contribution in [3.8, 4) is 0 Å². The number of ether oxygens (including phenoxy) is 1. The molecule has 0 aromatic heterocycles. The summed E-state index contributed by atoms with van der Waals surface area (Å²) in [5.74, 6) is -0.315. The van der Waals surface area contributed by atoms with E-state index in [0.717, 1.165) is 25.7 Å². The lowest BCUT2D eigenvalue weighted by molar-refractivity contribution is -0.138. The highest BCUT2D eigenvalue weighted by Crippen LogP contribution is 2.32. The minimum absolute atomic E-state index is 0.124. The van der Waals surface area contributed by atoms with Gasteiger partial charge in [-0.1, -0.05) is 11.9 Å². The molecule has 2 fully saturated rings. The first-order valence-electron chi connectivity index (χ1n) is 6.39. The second-order valence-electron chi connectivity index (χ2n) is 4.66. The van der Waals surface area contributed by atoms with Gasteiger partial charge < -0.3 is 9.53 Å². The lowest BCUT2D eigenvalue weighted by atomic mass is 10.2. The summed E-state index contributed by atoms with van der Waals surface area (Å²) < 4.78 is 6.83. The maximum Gasteiger partial charge on any atom is 0.244 e. The lowest BCUT2D eigenvalue weighted by Gasteiger charge is -2.21. The van der Waals surface area contributed by atoms with Crippen LogP contribution in [0.2, 0.25) is 0 Å². The first-order chi connectivity index (χ1) is 9.17. The fraction of sp³-hybridized carbons (Fsp3) is 0.750. The molecule has 0 aliphatic carbocycles. The van der Waals surface area contributed by atoms with Crippen LogP contribution in [0.4, 0.5) is 0 Å². The number of imide groups is 1. The summed E-state index contributed by atoms with van der Waals surface area (Å²) in [6, 6.07) is -0.124. The van der Waals surface area contributed by atoms with Crippen LogP contribution in [0.5, 0.6) is 0 Å². The van der Waals surface area contributed by atoms with E-state index in [1.807, 2.05) is 4.31 Å². The minimum Gasteiger partial charge on any atom is -0.383 e. The molecular formula is C12H18N2O4S. The Morgan fingerprint density at radius 2 is 2.26 bits per heavy atom. The van der Waals surface area contributed by atoms with Crippen LogP contribution >= 0.6 is 11.9 Å². The fourth-order valence-electron chi connectivity index (χ4n) is 2.35. The van der Waals surface area contributed by atoms with Crippen LogP contribution in [0.15, 0.2) is 0 Å². The topological polar surface area (TPSA) is 66.9 Å². The Labute approximate surface area is 116 Å². The smallest absolute Gasteiger partial charge is 0.244 e. The monoisotopic (exact) mass is 286 g/mol. The third-order valence-electron chi connectivity index (χ3n) is 3.39. The third-order valence-corrected chi connectivity index (χ3v) is 4.74. The van der Waals surface area contributed by atoms with Crippen molar-refractivity contribution in [2.75, 3.05) is 26.8 Å². The molecule has 2 rings (SSSR count). The number of amides is 2. The summed E-state index contributed by atoms with van der Waals surface area (Å²) in [4.78, 5) is 36.1. The lowest BCUT2D eigenvalue weighted by Crippen LogP contribution is -2.35. The van der Waals surface area contributed by atoms with E-state index in [1.54, 1.807) is 0 Å². The van der Waals surface area contributed by atoms with Crippen molar-refractivity contribution in [1.82, 2.24) is 9.21 Å². The van der Waals surface area contributed by atoms with Crippen LogP contribution in [0.25, 0.3) is 0 Å². The molecule has 2 aliphatic heterocycles. The average Bonchev–Trinajstić information content (AvgIpc) is 2.94. The Morgan fingerprint density at radius 3 is 2.95 bits per heavy atom. The van der Waals surface area contributed by atoms with Gasteiger partial charge in [0.25, 0.3) is 0 Å². The summed E-state index contributed by atoms with van der Waals surface area (Å²) in [6.45, 7) is 1.46. The first kappa shape index (κ1) is 14.5. The van der Waals surface area contributed by atoms with E-state index in [4.69, 9.17) is 4.74 Å². The quantitative estimate of drug-likeness (QED) is 0.391. The molecule has 2 saturated heterocycles. The van der Waals surface area contributed by atoms with Crippen LogP contribution in [-0.2, 0) is 19.1 Å². The molecule has 0 radical (unpaired) electrons. The van der Waals surface area contributed by atoms with Crippen LogP contribution in [0.3, 0.4) is 0 Å². The van der Waals surface area contributed by atoms with E-state index in [9.17, 15) is 14.4 Å². The summed E-state index contributed by atoms with van der Waals surface area (Å²) in [5, 5.41) is -0.384. The van der Waals surface area contributed by atoms with Gasteiger partial charge in [0.2, 0.25) is 11.8 Å². The van der Waals surface area contributed by atoms with Crippen molar-refractivity contribution in [1.29, 1.82) is 0 Å². The van der Waals surface area contributed by atoms with E-state index in [-0.39, 0.29) is 29.5 Å². The van der Waals surface area contributed by atoms with Gasteiger partial charge in [-0.15, -0.1) is 0 Å². The largest absolute Gasteiger partial charge is 0.383 e. The van der Waals surface area contributed by atoms with Gasteiger partial charge in [-0.05, 0) is 12.8 Å². The number of carbonyl (C=O) groups is 3. The number of likely N-dealkylation sites (tertiary alicyclic amines) is 1. The van der Waals surface area contributed by atoms with Crippen LogP contribution in [0.1, 0.15) is 19.3 Å². The Bertz CT molecular complexity index is 377. The molecule has 0 spiro atoms. The predicted molar refractivity (Wildman–Crippen MR) is 70.4 cm³/mol. The van der Waals surface area contributed by atoms with Gasteiger partial charge in [0, 0.05) is 20.1 Å². The molecule has 1 unspecified atom stereocenters. The van der Waals surface area contributed by atoms with Crippen LogP contribution in [-0.4, -0.2) is 65.4 Å². The van der Waals surface area contributed by atoms with Gasteiger partial charge in [-0.3, -0.25) is 14.5 Å². The van der Waals surface area contributed by atoms with E-state index in [2.05, 4.69) is 0 Å². The molecule has 7 heteroatoms. The van der Waals surface area contributed by atoms with Crippen molar-refractivity contribution < 1.29 is 19.1 Å². The molecular weight excluding hydrogens is 268 g/mol. The number of carbonyl (C=O) groups excluding carboxylic acids is 3. The van der Waals surface area contributed by atoms with Gasteiger partial charge in [-0.25, -0.2) is 4.31 Å². The summed E-state index contributed by atoms with van der Waals surface area (Å²) >= 11 is 1.35. The zero-order valence-electron chi connectivity index (χ0n) is 10.9. The molecule has 0 aromatic carbocycles. The predicted octanol–water partition coefficient (Wildman–Crippen LogP) is 0.0718. The van der Waals surface area contributed by atoms with Crippen molar-refractivity contribution in [2.45, 2.75) is 30.6 Å². The molecule has 106 valence electrons. The zero-order valence-corrected chi connectivity index (χ0v) is 11.7. The molecule has 0 aromatic rings. The molecule has 2 amide bonds. The number of methoxy groups -OCH3 is 1. The third kappa shape index (κ3) is 3.16. The first-order valence-corrected chi connectivity index (χ1v) is 7.23.